The molecular formula is C22H21ClN2O4S2. The molecular weight excluding hydrogens is 456 g/mol. The number of rotatable bonds is 8. The molecule has 0 unspecified atom stereocenters. The van der Waals surface area contributed by atoms with Crippen LogP contribution < -0.4 is 10.6 Å². The first-order valence-electron chi connectivity index (χ1n) is 9.51. The fourth-order valence-electron chi connectivity index (χ4n) is 2.94. The molecule has 2 N–H and O–H groups in total. The van der Waals surface area contributed by atoms with Crippen molar-refractivity contribution >= 4 is 44.6 Å². The van der Waals surface area contributed by atoms with Gasteiger partial charge in [-0.25, -0.2) is 8.42 Å². The molecule has 0 aliphatic carbocycles. The minimum atomic E-state index is -3.81. The van der Waals surface area contributed by atoms with Crippen molar-refractivity contribution in [2.45, 2.75) is 16.6 Å². The normalized spacial score (nSPS) is 12.2. The average molecular weight is 477 g/mol. The standard InChI is InChI=1S/C22H21ClN2O4S2/c23-17-8-10-18(11-9-17)31(28,29)20(19-7-4-14-30-19)15-25-22(27)21(26)24-13-12-16-5-2-1-3-6-16/h1-11,14,20H,12-13,15H2,(H,24,26)(H,25,27)/t20-/m0/s1. The van der Waals surface area contributed by atoms with Gasteiger partial charge in [0, 0.05) is 23.0 Å². The number of nitrogens with one attached hydrogen (secondary N) is 2. The first kappa shape index (κ1) is 23.0. The minimum absolute atomic E-state index is 0.0943. The molecule has 2 amide bonds. The Bertz CT molecular complexity index is 1120. The van der Waals surface area contributed by atoms with Crippen LogP contribution in [-0.4, -0.2) is 33.3 Å². The van der Waals surface area contributed by atoms with Crippen LogP contribution in [0.3, 0.4) is 0 Å². The zero-order valence-electron chi connectivity index (χ0n) is 16.5. The Hall–Kier alpha value is -2.68. The lowest BCUT2D eigenvalue weighted by Gasteiger charge is -2.17. The molecule has 0 radical (unpaired) electrons. The van der Waals surface area contributed by atoms with Crippen LogP contribution in [0, 0.1) is 0 Å². The third kappa shape index (κ3) is 6.16. The van der Waals surface area contributed by atoms with Gasteiger partial charge >= 0.3 is 11.8 Å². The van der Waals surface area contributed by atoms with E-state index in [-0.39, 0.29) is 11.4 Å². The molecule has 1 heterocycles. The molecule has 1 aromatic heterocycles. The van der Waals surface area contributed by atoms with E-state index in [1.807, 2.05) is 30.3 Å². The summed E-state index contributed by atoms with van der Waals surface area (Å²) in [5.41, 5.74) is 1.04. The lowest BCUT2D eigenvalue weighted by Crippen LogP contribution is -2.42. The van der Waals surface area contributed by atoms with Gasteiger partial charge in [-0.2, -0.15) is 0 Å². The fraction of sp³-hybridized carbons (Fsp3) is 0.182. The molecule has 0 spiro atoms. The van der Waals surface area contributed by atoms with Crippen LogP contribution in [-0.2, 0) is 25.8 Å². The first-order valence-corrected chi connectivity index (χ1v) is 12.3. The number of hydrogen-bond acceptors (Lipinski definition) is 5. The Morgan fingerprint density at radius 3 is 2.23 bits per heavy atom. The van der Waals surface area contributed by atoms with Crippen molar-refractivity contribution in [3.05, 3.63) is 87.6 Å². The van der Waals surface area contributed by atoms with E-state index in [4.69, 9.17) is 11.6 Å². The van der Waals surface area contributed by atoms with E-state index in [0.29, 0.717) is 22.9 Å². The summed E-state index contributed by atoms with van der Waals surface area (Å²) in [5, 5.41) is 6.18. The summed E-state index contributed by atoms with van der Waals surface area (Å²) < 4.78 is 26.3. The van der Waals surface area contributed by atoms with Gasteiger partial charge in [0.1, 0.15) is 5.25 Å². The van der Waals surface area contributed by atoms with Gasteiger partial charge in [-0.1, -0.05) is 48.0 Å². The number of hydrogen-bond donors (Lipinski definition) is 2. The van der Waals surface area contributed by atoms with Crippen molar-refractivity contribution in [3.63, 3.8) is 0 Å². The molecule has 0 saturated carbocycles. The molecule has 6 nitrogen and oxygen atoms in total. The monoisotopic (exact) mass is 476 g/mol. The molecule has 0 bridgehead atoms. The van der Waals surface area contributed by atoms with Crippen molar-refractivity contribution in [1.82, 2.24) is 10.6 Å². The molecule has 3 aromatic rings. The SMILES string of the molecule is O=C(NCCc1ccccc1)C(=O)NC[C@@H](c1cccs1)S(=O)(=O)c1ccc(Cl)cc1. The number of sulfone groups is 1. The lowest BCUT2D eigenvalue weighted by molar-refractivity contribution is -0.139. The number of thiophene rings is 1. The highest BCUT2D eigenvalue weighted by Crippen LogP contribution is 2.31. The highest BCUT2D eigenvalue weighted by Gasteiger charge is 2.31. The summed E-state index contributed by atoms with van der Waals surface area (Å²) in [5.74, 6) is -1.68. The zero-order chi connectivity index (χ0) is 22.3. The first-order chi connectivity index (χ1) is 14.9. The molecule has 1 atom stereocenters. The smallest absolute Gasteiger partial charge is 0.309 e. The van der Waals surface area contributed by atoms with Gasteiger partial charge in [-0.3, -0.25) is 9.59 Å². The Morgan fingerprint density at radius 1 is 0.903 bits per heavy atom. The summed E-state index contributed by atoms with van der Waals surface area (Å²) in [6.07, 6.45) is 0.586. The number of carbonyl (C=O) groups is 2. The van der Waals surface area contributed by atoms with E-state index in [2.05, 4.69) is 10.6 Å². The van der Waals surface area contributed by atoms with Gasteiger partial charge in [-0.05, 0) is 47.7 Å². The zero-order valence-corrected chi connectivity index (χ0v) is 18.8. The van der Waals surface area contributed by atoms with Gasteiger partial charge < -0.3 is 10.6 Å². The van der Waals surface area contributed by atoms with E-state index in [9.17, 15) is 18.0 Å². The molecule has 0 aliphatic heterocycles. The average Bonchev–Trinajstić information content (AvgIpc) is 3.29. The minimum Gasteiger partial charge on any atom is -0.348 e. The van der Waals surface area contributed by atoms with Crippen LogP contribution in [0.5, 0.6) is 0 Å². The van der Waals surface area contributed by atoms with Crippen molar-refractivity contribution in [2.24, 2.45) is 0 Å². The van der Waals surface area contributed by atoms with Crippen LogP contribution in [0.15, 0.2) is 77.0 Å². The summed E-state index contributed by atoms with van der Waals surface area (Å²) in [6.45, 7) is 0.0735. The quantitative estimate of drug-likeness (QED) is 0.487. The second-order valence-electron chi connectivity index (χ2n) is 6.70. The van der Waals surface area contributed by atoms with Crippen molar-refractivity contribution in [1.29, 1.82) is 0 Å². The third-order valence-electron chi connectivity index (χ3n) is 4.57. The second kappa shape index (κ2) is 10.6. The van der Waals surface area contributed by atoms with Gasteiger partial charge in [0.25, 0.3) is 0 Å². The fourth-order valence-corrected chi connectivity index (χ4v) is 5.85. The van der Waals surface area contributed by atoms with E-state index in [1.165, 1.54) is 35.6 Å². The number of benzene rings is 2. The molecule has 31 heavy (non-hydrogen) atoms. The third-order valence-corrected chi connectivity index (χ3v) is 8.06. The predicted molar refractivity (Wildman–Crippen MR) is 122 cm³/mol. The number of carbonyl (C=O) groups excluding carboxylic acids is 2. The summed E-state index contributed by atoms with van der Waals surface area (Å²) in [4.78, 5) is 25.0. The van der Waals surface area contributed by atoms with Gasteiger partial charge in [-0.15, -0.1) is 11.3 Å². The maximum atomic E-state index is 13.2. The van der Waals surface area contributed by atoms with E-state index >= 15 is 0 Å². The molecule has 9 heteroatoms. The van der Waals surface area contributed by atoms with Gasteiger partial charge in [0.05, 0.1) is 4.90 Å². The molecule has 0 aliphatic rings. The maximum Gasteiger partial charge on any atom is 0.309 e. The summed E-state index contributed by atoms with van der Waals surface area (Å²) in [7, 11) is -3.81. The van der Waals surface area contributed by atoms with Crippen molar-refractivity contribution in [3.8, 4) is 0 Å². The van der Waals surface area contributed by atoms with E-state index in [1.54, 1.807) is 17.5 Å². The topological polar surface area (TPSA) is 92.3 Å². The summed E-state index contributed by atoms with van der Waals surface area (Å²) >= 11 is 7.14. The Morgan fingerprint density at radius 2 is 1.58 bits per heavy atom. The molecule has 2 aromatic carbocycles. The lowest BCUT2D eigenvalue weighted by atomic mass is 10.1. The van der Waals surface area contributed by atoms with Crippen LogP contribution in [0.25, 0.3) is 0 Å². The Kier molecular flexibility index (Phi) is 7.84. The van der Waals surface area contributed by atoms with Crippen LogP contribution in [0.2, 0.25) is 5.02 Å². The molecule has 3 rings (SSSR count). The largest absolute Gasteiger partial charge is 0.348 e. The van der Waals surface area contributed by atoms with Crippen molar-refractivity contribution < 1.29 is 18.0 Å². The Labute approximate surface area is 190 Å². The van der Waals surface area contributed by atoms with Crippen molar-refractivity contribution in [2.75, 3.05) is 13.1 Å². The molecule has 0 fully saturated rings. The van der Waals surface area contributed by atoms with Crippen LogP contribution >= 0.6 is 22.9 Å². The number of amides is 2. The van der Waals surface area contributed by atoms with Gasteiger partial charge in [0.15, 0.2) is 9.84 Å². The van der Waals surface area contributed by atoms with E-state index in [0.717, 1.165) is 5.56 Å². The van der Waals surface area contributed by atoms with Crippen LogP contribution in [0.1, 0.15) is 15.7 Å². The van der Waals surface area contributed by atoms with Crippen LogP contribution in [0.4, 0.5) is 0 Å². The van der Waals surface area contributed by atoms with E-state index < -0.39 is 26.9 Å². The molecule has 162 valence electrons. The molecule has 0 saturated heterocycles. The number of halogens is 1. The van der Waals surface area contributed by atoms with Gasteiger partial charge in [0.2, 0.25) is 0 Å². The summed E-state index contributed by atoms with van der Waals surface area (Å²) in [6, 6.07) is 18.8. The maximum absolute atomic E-state index is 13.2. The predicted octanol–water partition coefficient (Wildman–Crippen LogP) is 3.39. The Balaban J connectivity index is 1.63. The highest BCUT2D eigenvalue weighted by atomic mass is 35.5. The second-order valence-corrected chi connectivity index (χ2v) is 10.3. The highest BCUT2D eigenvalue weighted by molar-refractivity contribution is 7.91.